The first-order chi connectivity index (χ1) is 15.1. The molecule has 2 N–H and O–H groups in total. The highest BCUT2D eigenvalue weighted by molar-refractivity contribution is 9.12. The molecule has 3 aromatic carbocycles. The van der Waals surface area contributed by atoms with Crippen LogP contribution in [0.4, 0.5) is 0 Å². The molecule has 4 aromatic rings. The molecule has 0 unspecified atom stereocenters. The maximum absolute atomic E-state index is 12.5. The van der Waals surface area contributed by atoms with E-state index in [1.807, 2.05) is 78.9 Å². The van der Waals surface area contributed by atoms with Crippen LogP contribution in [0.1, 0.15) is 11.1 Å². The third-order valence-corrected chi connectivity index (χ3v) is 5.98. The molecule has 0 radical (unpaired) electrons. The van der Waals surface area contributed by atoms with Crippen LogP contribution in [0.3, 0.4) is 0 Å². The fourth-order valence-corrected chi connectivity index (χ4v) is 4.21. The molecule has 0 bridgehead atoms. The van der Waals surface area contributed by atoms with Gasteiger partial charge < -0.3 is 9.72 Å². The molecular formula is C25H17BrN2O3. The third kappa shape index (κ3) is 3.55. The summed E-state index contributed by atoms with van der Waals surface area (Å²) in [5.41, 5.74) is 4.67. The summed E-state index contributed by atoms with van der Waals surface area (Å²) < 4.78 is 6.13. The van der Waals surface area contributed by atoms with Gasteiger partial charge in [0.1, 0.15) is 12.4 Å². The second-order valence-electron chi connectivity index (χ2n) is 7.19. The number of H-pyrrole nitrogens is 1. The van der Waals surface area contributed by atoms with E-state index in [1.54, 1.807) is 0 Å². The number of carbonyl (C=O) groups excluding carboxylic acids is 2. The number of benzene rings is 3. The van der Waals surface area contributed by atoms with E-state index in [-0.39, 0.29) is 4.48 Å². The van der Waals surface area contributed by atoms with Crippen molar-refractivity contribution in [3.8, 4) is 17.0 Å². The summed E-state index contributed by atoms with van der Waals surface area (Å²) in [6, 6.07) is 25.4. The normalized spacial score (nSPS) is 13.7. The lowest BCUT2D eigenvalue weighted by atomic mass is 9.98. The van der Waals surface area contributed by atoms with Gasteiger partial charge in [0.15, 0.2) is 0 Å². The van der Waals surface area contributed by atoms with Crippen LogP contribution < -0.4 is 10.1 Å². The second kappa shape index (κ2) is 7.89. The number of fused-ring (bicyclic) bond motifs is 1. The van der Waals surface area contributed by atoms with Gasteiger partial charge in [-0.15, -0.1) is 0 Å². The Hall–Kier alpha value is -3.64. The van der Waals surface area contributed by atoms with Crippen molar-refractivity contribution in [1.82, 2.24) is 10.3 Å². The van der Waals surface area contributed by atoms with Crippen LogP contribution in [0.2, 0.25) is 0 Å². The van der Waals surface area contributed by atoms with E-state index in [0.717, 1.165) is 33.5 Å². The molecule has 1 aliphatic heterocycles. The summed E-state index contributed by atoms with van der Waals surface area (Å²) >= 11 is 3.29. The van der Waals surface area contributed by atoms with Crippen LogP contribution >= 0.6 is 15.9 Å². The zero-order valence-electron chi connectivity index (χ0n) is 16.3. The van der Waals surface area contributed by atoms with E-state index in [0.29, 0.717) is 17.7 Å². The predicted molar refractivity (Wildman–Crippen MR) is 124 cm³/mol. The van der Waals surface area contributed by atoms with Crippen LogP contribution in [0.5, 0.6) is 5.75 Å². The average molecular weight is 473 g/mol. The van der Waals surface area contributed by atoms with Gasteiger partial charge in [0.05, 0.1) is 15.7 Å². The number of hydrogen-bond donors (Lipinski definition) is 2. The molecule has 1 aliphatic rings. The predicted octanol–water partition coefficient (Wildman–Crippen LogP) is 5.18. The maximum Gasteiger partial charge on any atom is 0.265 e. The number of aromatic amines is 1. The lowest BCUT2D eigenvalue weighted by molar-refractivity contribution is -0.123. The van der Waals surface area contributed by atoms with Gasteiger partial charge in [-0.2, -0.15) is 0 Å². The van der Waals surface area contributed by atoms with Crippen LogP contribution in [-0.2, 0) is 16.2 Å². The van der Waals surface area contributed by atoms with E-state index in [2.05, 4.69) is 26.2 Å². The molecule has 0 atom stereocenters. The summed E-state index contributed by atoms with van der Waals surface area (Å²) in [5, 5.41) is 3.23. The first kappa shape index (κ1) is 19.3. The molecular weight excluding hydrogens is 456 g/mol. The molecule has 0 saturated heterocycles. The van der Waals surface area contributed by atoms with Gasteiger partial charge in [-0.25, -0.2) is 0 Å². The van der Waals surface area contributed by atoms with Crippen LogP contribution in [0.15, 0.2) is 83.3 Å². The minimum absolute atomic E-state index is 0.242. The van der Waals surface area contributed by atoms with Gasteiger partial charge in [0.2, 0.25) is 0 Å². The zero-order chi connectivity index (χ0) is 21.4. The number of nitrogens with one attached hydrogen (secondary N) is 2. The standard InChI is InChI=1S/C25H17BrN2O3/c26-22-21(24(29)28-25(22)30)20-18-8-4-5-9-19(18)27-23(20)16-10-12-17(13-11-16)31-14-15-6-2-1-3-7-15/h1-13,27H,14H2,(H,28,29,30). The SMILES string of the molecule is O=C1NC(=O)C(c2c(-c3ccc(OCc4ccccc4)cc3)[nH]c3ccccc23)=C1Br. The Bertz CT molecular complexity index is 1340. The molecule has 0 saturated carbocycles. The van der Waals surface area contributed by atoms with Gasteiger partial charge in [-0.05, 0) is 57.4 Å². The van der Waals surface area contributed by atoms with Crippen molar-refractivity contribution in [2.45, 2.75) is 6.61 Å². The summed E-state index contributed by atoms with van der Waals surface area (Å²) in [5.74, 6) is -0.0916. The Balaban J connectivity index is 1.53. The van der Waals surface area contributed by atoms with Gasteiger partial charge in [0, 0.05) is 16.5 Å². The highest BCUT2D eigenvalue weighted by Gasteiger charge is 2.33. The Morgan fingerprint density at radius 1 is 0.806 bits per heavy atom. The first-order valence-corrected chi connectivity index (χ1v) is 10.5. The highest BCUT2D eigenvalue weighted by atomic mass is 79.9. The van der Waals surface area contributed by atoms with Gasteiger partial charge in [0.25, 0.3) is 11.8 Å². The number of aromatic nitrogens is 1. The topological polar surface area (TPSA) is 71.2 Å². The van der Waals surface area contributed by atoms with E-state index in [9.17, 15) is 9.59 Å². The lowest BCUT2D eigenvalue weighted by Crippen LogP contribution is -2.22. The Labute approximate surface area is 186 Å². The number of imide groups is 1. The smallest absolute Gasteiger partial charge is 0.265 e. The van der Waals surface area contributed by atoms with E-state index in [4.69, 9.17) is 4.74 Å². The lowest BCUT2D eigenvalue weighted by Gasteiger charge is -2.09. The fraction of sp³-hybridized carbons (Fsp3) is 0.0400. The minimum Gasteiger partial charge on any atom is -0.489 e. The number of hydrogen-bond acceptors (Lipinski definition) is 3. The summed E-state index contributed by atoms with van der Waals surface area (Å²) in [6.07, 6.45) is 0. The molecule has 0 aliphatic carbocycles. The molecule has 0 fully saturated rings. The van der Waals surface area contributed by atoms with Crippen molar-refractivity contribution in [1.29, 1.82) is 0 Å². The van der Waals surface area contributed by atoms with Crippen molar-refractivity contribution >= 4 is 44.2 Å². The summed E-state index contributed by atoms with van der Waals surface area (Å²) in [7, 11) is 0. The minimum atomic E-state index is -0.430. The molecule has 2 heterocycles. The Morgan fingerprint density at radius 2 is 1.52 bits per heavy atom. The molecule has 31 heavy (non-hydrogen) atoms. The Morgan fingerprint density at radius 3 is 2.23 bits per heavy atom. The molecule has 0 spiro atoms. The van der Waals surface area contributed by atoms with Crippen LogP contribution in [0, 0.1) is 0 Å². The largest absolute Gasteiger partial charge is 0.489 e. The van der Waals surface area contributed by atoms with Gasteiger partial charge in [-0.1, -0.05) is 48.5 Å². The third-order valence-electron chi connectivity index (χ3n) is 5.22. The molecule has 5 rings (SSSR count). The quantitative estimate of drug-likeness (QED) is 0.393. The summed E-state index contributed by atoms with van der Waals surface area (Å²) in [6.45, 7) is 0.486. The maximum atomic E-state index is 12.5. The number of halogens is 1. The number of para-hydroxylation sites is 1. The van der Waals surface area contributed by atoms with E-state index >= 15 is 0 Å². The fourth-order valence-electron chi connectivity index (χ4n) is 3.73. The monoisotopic (exact) mass is 472 g/mol. The number of rotatable bonds is 5. The number of amides is 2. The second-order valence-corrected chi connectivity index (χ2v) is 7.98. The van der Waals surface area contributed by atoms with E-state index in [1.165, 1.54) is 0 Å². The molecule has 152 valence electrons. The number of carbonyl (C=O) groups is 2. The van der Waals surface area contributed by atoms with Gasteiger partial charge >= 0.3 is 0 Å². The van der Waals surface area contributed by atoms with Crippen molar-refractivity contribution in [2.24, 2.45) is 0 Å². The average Bonchev–Trinajstić information content (AvgIpc) is 3.29. The van der Waals surface area contributed by atoms with Crippen molar-refractivity contribution in [3.63, 3.8) is 0 Å². The van der Waals surface area contributed by atoms with Crippen LogP contribution in [0.25, 0.3) is 27.7 Å². The van der Waals surface area contributed by atoms with Crippen molar-refractivity contribution < 1.29 is 14.3 Å². The molecule has 6 heteroatoms. The van der Waals surface area contributed by atoms with E-state index < -0.39 is 11.8 Å². The van der Waals surface area contributed by atoms with Crippen LogP contribution in [-0.4, -0.2) is 16.8 Å². The van der Waals surface area contributed by atoms with Crippen molar-refractivity contribution in [3.05, 3.63) is 94.5 Å². The highest BCUT2D eigenvalue weighted by Crippen LogP contribution is 2.39. The van der Waals surface area contributed by atoms with Gasteiger partial charge in [-0.3, -0.25) is 14.9 Å². The zero-order valence-corrected chi connectivity index (χ0v) is 17.9. The van der Waals surface area contributed by atoms with Crippen molar-refractivity contribution in [2.75, 3.05) is 0 Å². The molecule has 1 aromatic heterocycles. The Kier molecular flexibility index (Phi) is 4.92. The summed E-state index contributed by atoms with van der Waals surface area (Å²) in [4.78, 5) is 28.0. The molecule has 5 nitrogen and oxygen atoms in total. The number of ether oxygens (including phenoxy) is 1. The molecule has 2 amide bonds. The first-order valence-electron chi connectivity index (χ1n) is 9.75.